The maximum atomic E-state index is 12.4. The second-order valence-corrected chi connectivity index (χ2v) is 6.48. The number of carbonyl (C=O) groups excluding carboxylic acids is 1. The van der Waals surface area contributed by atoms with Crippen molar-refractivity contribution >= 4 is 11.9 Å². The second-order valence-electron chi connectivity index (χ2n) is 6.48. The van der Waals surface area contributed by atoms with Crippen molar-refractivity contribution in [2.24, 2.45) is 5.92 Å². The van der Waals surface area contributed by atoms with Crippen LogP contribution in [0.3, 0.4) is 0 Å². The number of carboxylic acid groups (broad SMARTS) is 1. The van der Waals surface area contributed by atoms with Gasteiger partial charge in [0.05, 0.1) is 12.5 Å². The molecule has 2 aliphatic heterocycles. The number of para-hydroxylation sites is 2. The van der Waals surface area contributed by atoms with E-state index in [0.29, 0.717) is 50.6 Å². The molecule has 3 rings (SSSR count). The summed E-state index contributed by atoms with van der Waals surface area (Å²) in [5.41, 5.74) is -0.0131. The number of hydrogen-bond acceptors (Lipinski definition) is 6. The van der Waals surface area contributed by atoms with Crippen LogP contribution >= 0.6 is 0 Å². The number of ether oxygens (including phenoxy) is 2. The van der Waals surface area contributed by atoms with Crippen molar-refractivity contribution in [1.82, 2.24) is 10.2 Å². The van der Waals surface area contributed by atoms with Gasteiger partial charge in [-0.1, -0.05) is 12.1 Å². The molecule has 2 N–H and O–H groups in total. The Morgan fingerprint density at radius 1 is 1.30 bits per heavy atom. The summed E-state index contributed by atoms with van der Waals surface area (Å²) in [6.45, 7) is 1.43. The average Bonchev–Trinajstić information content (AvgIpc) is 2.70. The Balaban J connectivity index is 1.51. The van der Waals surface area contributed by atoms with Crippen molar-refractivity contribution in [1.29, 1.82) is 5.26 Å². The standard InChI is InChI=1S/C19H21N3O5/c20-9-14(18(23)22-7-5-13(6-8-22)19(24)25)10-21-11-15-12-26-16-3-1-2-4-17(16)27-15/h1-4,10,13,15,21H,5-8,11-12H2,(H,24,25)/b14-10-. The number of hydrogen-bond donors (Lipinski definition) is 2. The number of nitrogens with zero attached hydrogens (tertiary/aromatic N) is 2. The molecule has 0 radical (unpaired) electrons. The van der Waals surface area contributed by atoms with E-state index in [1.165, 1.54) is 11.1 Å². The lowest BCUT2D eigenvalue weighted by Gasteiger charge is -2.30. The molecule has 0 aromatic heterocycles. The number of nitrogens with one attached hydrogen (secondary N) is 1. The Hall–Kier alpha value is -3.21. The number of nitriles is 1. The lowest BCUT2D eigenvalue weighted by atomic mass is 9.97. The van der Waals surface area contributed by atoms with Gasteiger partial charge in [0.25, 0.3) is 5.91 Å². The van der Waals surface area contributed by atoms with Crippen LogP contribution in [0.5, 0.6) is 11.5 Å². The minimum atomic E-state index is -0.837. The number of aliphatic carboxylic acids is 1. The first kappa shape index (κ1) is 18.6. The van der Waals surface area contributed by atoms with Crippen molar-refractivity contribution in [2.75, 3.05) is 26.2 Å². The van der Waals surface area contributed by atoms with Gasteiger partial charge in [-0.2, -0.15) is 5.26 Å². The van der Waals surface area contributed by atoms with Crippen molar-refractivity contribution in [3.63, 3.8) is 0 Å². The maximum absolute atomic E-state index is 12.4. The van der Waals surface area contributed by atoms with Gasteiger partial charge in [-0.05, 0) is 25.0 Å². The molecule has 1 atom stereocenters. The maximum Gasteiger partial charge on any atom is 0.306 e. The summed E-state index contributed by atoms with van der Waals surface area (Å²) >= 11 is 0. The Morgan fingerprint density at radius 3 is 2.67 bits per heavy atom. The fourth-order valence-electron chi connectivity index (χ4n) is 3.10. The number of rotatable bonds is 5. The van der Waals surface area contributed by atoms with Crippen molar-refractivity contribution in [2.45, 2.75) is 18.9 Å². The van der Waals surface area contributed by atoms with Crippen LogP contribution in [0, 0.1) is 17.2 Å². The van der Waals surface area contributed by atoms with E-state index in [2.05, 4.69) is 5.32 Å². The molecule has 8 nitrogen and oxygen atoms in total. The van der Waals surface area contributed by atoms with E-state index in [-0.39, 0.29) is 17.6 Å². The zero-order valence-electron chi connectivity index (χ0n) is 14.8. The molecule has 0 saturated carbocycles. The van der Waals surface area contributed by atoms with Crippen molar-refractivity contribution < 1.29 is 24.2 Å². The Labute approximate surface area is 157 Å². The lowest BCUT2D eigenvalue weighted by molar-refractivity contribution is -0.145. The molecule has 8 heteroatoms. The molecule has 0 aliphatic carbocycles. The second kappa shape index (κ2) is 8.45. The number of likely N-dealkylation sites (tertiary alicyclic amines) is 1. The summed E-state index contributed by atoms with van der Waals surface area (Å²) in [7, 11) is 0. The summed E-state index contributed by atoms with van der Waals surface area (Å²) in [4.78, 5) is 25.0. The normalized spacial score (nSPS) is 19.9. The fourth-order valence-corrected chi connectivity index (χ4v) is 3.10. The third-order valence-corrected chi connectivity index (χ3v) is 4.64. The molecule has 0 bridgehead atoms. The Bertz CT molecular complexity index is 778. The highest BCUT2D eigenvalue weighted by Crippen LogP contribution is 2.30. The number of benzene rings is 1. The SMILES string of the molecule is N#C/C(=C/NCC1COc2ccccc2O1)C(=O)N1CCC(C(=O)O)CC1. The highest BCUT2D eigenvalue weighted by atomic mass is 16.6. The number of amides is 1. The predicted octanol–water partition coefficient (Wildman–Crippen LogP) is 1.15. The monoisotopic (exact) mass is 371 g/mol. The Kier molecular flexibility index (Phi) is 5.81. The molecule has 0 spiro atoms. The van der Waals surface area contributed by atoms with Crippen LogP contribution in [-0.2, 0) is 9.59 Å². The van der Waals surface area contributed by atoms with Gasteiger partial charge >= 0.3 is 5.97 Å². The first-order chi connectivity index (χ1) is 13.1. The summed E-state index contributed by atoms with van der Waals surface area (Å²) in [6, 6.07) is 9.29. The zero-order valence-corrected chi connectivity index (χ0v) is 14.8. The van der Waals surface area contributed by atoms with E-state index in [1.807, 2.05) is 30.3 Å². The van der Waals surface area contributed by atoms with E-state index in [0.717, 1.165) is 0 Å². The van der Waals surface area contributed by atoms with Gasteiger partial charge in [0.2, 0.25) is 0 Å². The number of carbonyl (C=O) groups is 2. The molecule has 2 heterocycles. The summed E-state index contributed by atoms with van der Waals surface area (Å²) < 4.78 is 11.4. The molecule has 1 saturated heterocycles. The van der Waals surface area contributed by atoms with Crippen LogP contribution in [0.25, 0.3) is 0 Å². The molecule has 1 fully saturated rings. The first-order valence-electron chi connectivity index (χ1n) is 8.82. The highest BCUT2D eigenvalue weighted by molar-refractivity contribution is 5.97. The summed E-state index contributed by atoms with van der Waals surface area (Å²) in [5.74, 6) is -0.288. The minimum Gasteiger partial charge on any atom is -0.486 e. The summed E-state index contributed by atoms with van der Waals surface area (Å²) in [5, 5.41) is 21.3. The predicted molar refractivity (Wildman–Crippen MR) is 95.0 cm³/mol. The van der Waals surface area contributed by atoms with Crippen LogP contribution in [0.15, 0.2) is 36.0 Å². The third kappa shape index (κ3) is 4.50. The van der Waals surface area contributed by atoms with E-state index < -0.39 is 11.9 Å². The van der Waals surface area contributed by atoms with E-state index in [9.17, 15) is 14.9 Å². The van der Waals surface area contributed by atoms with Crippen molar-refractivity contribution in [3.05, 3.63) is 36.0 Å². The molecule has 2 aliphatic rings. The molecule has 1 unspecified atom stereocenters. The largest absolute Gasteiger partial charge is 0.486 e. The van der Waals surface area contributed by atoms with E-state index in [1.54, 1.807) is 0 Å². The summed E-state index contributed by atoms with van der Waals surface area (Å²) in [6.07, 6.45) is 1.95. The number of fused-ring (bicyclic) bond motifs is 1. The first-order valence-corrected chi connectivity index (χ1v) is 8.82. The van der Waals surface area contributed by atoms with Gasteiger partial charge in [-0.15, -0.1) is 0 Å². The molecule has 1 aromatic rings. The molecular formula is C19H21N3O5. The average molecular weight is 371 g/mol. The fraction of sp³-hybridized carbons (Fsp3) is 0.421. The van der Waals surface area contributed by atoms with Gasteiger partial charge in [0.15, 0.2) is 11.5 Å². The van der Waals surface area contributed by atoms with Gasteiger partial charge < -0.3 is 24.8 Å². The van der Waals surface area contributed by atoms with Gasteiger partial charge in [-0.3, -0.25) is 9.59 Å². The number of piperidine rings is 1. The van der Waals surface area contributed by atoms with Gasteiger partial charge in [0.1, 0.15) is 24.4 Å². The van der Waals surface area contributed by atoms with Crippen LogP contribution in [0.2, 0.25) is 0 Å². The van der Waals surface area contributed by atoms with Crippen LogP contribution < -0.4 is 14.8 Å². The minimum absolute atomic E-state index is 0.0131. The smallest absolute Gasteiger partial charge is 0.306 e. The zero-order chi connectivity index (χ0) is 19.2. The van der Waals surface area contributed by atoms with Crippen molar-refractivity contribution in [3.8, 4) is 17.6 Å². The molecule has 1 amide bonds. The molecule has 142 valence electrons. The lowest BCUT2D eigenvalue weighted by Crippen LogP contribution is -2.41. The third-order valence-electron chi connectivity index (χ3n) is 4.64. The Morgan fingerprint density at radius 2 is 2.00 bits per heavy atom. The van der Waals surface area contributed by atoms with Crippen LogP contribution in [0.1, 0.15) is 12.8 Å². The van der Waals surface area contributed by atoms with E-state index in [4.69, 9.17) is 14.6 Å². The topological polar surface area (TPSA) is 112 Å². The number of carboxylic acids is 1. The van der Waals surface area contributed by atoms with Gasteiger partial charge in [0, 0.05) is 19.3 Å². The molecule has 27 heavy (non-hydrogen) atoms. The molecular weight excluding hydrogens is 350 g/mol. The van der Waals surface area contributed by atoms with E-state index >= 15 is 0 Å². The van der Waals surface area contributed by atoms with Gasteiger partial charge in [-0.25, -0.2) is 0 Å². The van der Waals surface area contributed by atoms with Crippen LogP contribution in [-0.4, -0.2) is 54.2 Å². The van der Waals surface area contributed by atoms with Crippen LogP contribution in [0.4, 0.5) is 0 Å². The quantitative estimate of drug-likeness (QED) is 0.590. The molecule has 1 aromatic carbocycles. The highest BCUT2D eigenvalue weighted by Gasteiger charge is 2.28.